The van der Waals surface area contributed by atoms with Gasteiger partial charge in [-0.3, -0.25) is 4.79 Å². The SMILES string of the molecule is CCCCc1oc2ccccc2c1C(=O)c1c(CCCC)oc2ccccc12. The summed E-state index contributed by atoms with van der Waals surface area (Å²) in [6.07, 6.45) is 5.64. The maximum absolute atomic E-state index is 13.8. The molecule has 0 saturated heterocycles. The Kier molecular flexibility index (Phi) is 5.34. The van der Waals surface area contributed by atoms with Crippen LogP contribution in [0.4, 0.5) is 0 Å². The van der Waals surface area contributed by atoms with Crippen molar-refractivity contribution in [1.29, 1.82) is 0 Å². The van der Waals surface area contributed by atoms with Crippen molar-refractivity contribution in [3.63, 3.8) is 0 Å². The number of rotatable bonds is 8. The zero-order valence-corrected chi connectivity index (χ0v) is 16.6. The maximum atomic E-state index is 13.8. The van der Waals surface area contributed by atoms with Crippen molar-refractivity contribution in [2.45, 2.75) is 52.4 Å². The number of carbonyl (C=O) groups excluding carboxylic acids is 1. The molecule has 0 fully saturated rings. The molecule has 3 nitrogen and oxygen atoms in total. The van der Waals surface area contributed by atoms with E-state index in [2.05, 4.69) is 13.8 Å². The Morgan fingerprint density at radius 2 is 1.14 bits per heavy atom. The minimum absolute atomic E-state index is 0.0205. The summed E-state index contributed by atoms with van der Waals surface area (Å²) in [5, 5.41) is 1.79. The van der Waals surface area contributed by atoms with E-state index in [4.69, 9.17) is 8.83 Å². The van der Waals surface area contributed by atoms with Crippen molar-refractivity contribution < 1.29 is 13.6 Å². The zero-order chi connectivity index (χ0) is 19.5. The number of ketones is 1. The van der Waals surface area contributed by atoms with E-state index in [1.54, 1.807) is 0 Å². The van der Waals surface area contributed by atoms with Gasteiger partial charge in [0.2, 0.25) is 5.78 Å². The second-order valence-electron chi connectivity index (χ2n) is 7.33. The fourth-order valence-electron chi connectivity index (χ4n) is 3.84. The molecular formula is C25H26O3. The lowest BCUT2D eigenvalue weighted by molar-refractivity contribution is 0.103. The second kappa shape index (κ2) is 8.05. The van der Waals surface area contributed by atoms with Crippen LogP contribution in [0.2, 0.25) is 0 Å². The van der Waals surface area contributed by atoms with Crippen LogP contribution in [0.1, 0.15) is 67.0 Å². The van der Waals surface area contributed by atoms with Crippen LogP contribution >= 0.6 is 0 Å². The molecule has 4 rings (SSSR count). The average molecular weight is 374 g/mol. The molecule has 4 aromatic rings. The number of fused-ring (bicyclic) bond motifs is 2. The van der Waals surface area contributed by atoms with Gasteiger partial charge >= 0.3 is 0 Å². The molecule has 0 amide bonds. The van der Waals surface area contributed by atoms with Gasteiger partial charge in [-0.25, -0.2) is 0 Å². The Morgan fingerprint density at radius 1 is 0.714 bits per heavy atom. The van der Waals surface area contributed by atoms with Gasteiger partial charge in [0, 0.05) is 23.6 Å². The zero-order valence-electron chi connectivity index (χ0n) is 16.6. The summed E-state index contributed by atoms with van der Waals surface area (Å²) in [6.45, 7) is 4.30. The van der Waals surface area contributed by atoms with Gasteiger partial charge in [0.15, 0.2) is 0 Å². The van der Waals surface area contributed by atoms with E-state index in [0.29, 0.717) is 11.1 Å². The summed E-state index contributed by atoms with van der Waals surface area (Å²) in [7, 11) is 0. The van der Waals surface area contributed by atoms with Crippen molar-refractivity contribution in [1.82, 2.24) is 0 Å². The highest BCUT2D eigenvalue weighted by Crippen LogP contribution is 2.34. The fraction of sp³-hybridized carbons (Fsp3) is 0.320. The molecule has 3 heteroatoms. The van der Waals surface area contributed by atoms with Crippen LogP contribution in [0.5, 0.6) is 0 Å². The molecule has 0 aliphatic rings. The molecule has 0 radical (unpaired) electrons. The predicted molar refractivity (Wildman–Crippen MR) is 113 cm³/mol. The Hall–Kier alpha value is -2.81. The largest absolute Gasteiger partial charge is 0.460 e. The standard InChI is InChI=1S/C25H26O3/c1-3-5-13-21-23(17-11-7-9-15-19(17)27-21)25(26)24-18-12-8-10-16-20(18)28-22(24)14-6-4-2/h7-12,15-16H,3-6,13-14H2,1-2H3. The summed E-state index contributed by atoms with van der Waals surface area (Å²) < 4.78 is 12.2. The lowest BCUT2D eigenvalue weighted by atomic mass is 9.95. The highest BCUT2D eigenvalue weighted by molar-refractivity contribution is 6.22. The molecular weight excluding hydrogens is 348 g/mol. The van der Waals surface area contributed by atoms with Gasteiger partial charge in [0.25, 0.3) is 0 Å². The first-order valence-corrected chi connectivity index (χ1v) is 10.3. The number of aryl methyl sites for hydroxylation is 2. The van der Waals surface area contributed by atoms with Crippen LogP contribution < -0.4 is 0 Å². The summed E-state index contributed by atoms with van der Waals surface area (Å²) in [5.41, 5.74) is 2.96. The molecule has 28 heavy (non-hydrogen) atoms. The second-order valence-corrected chi connectivity index (χ2v) is 7.33. The van der Waals surface area contributed by atoms with Crippen LogP contribution in [-0.2, 0) is 12.8 Å². The summed E-state index contributed by atoms with van der Waals surface area (Å²) >= 11 is 0. The molecule has 0 atom stereocenters. The quantitative estimate of drug-likeness (QED) is 0.309. The smallest absolute Gasteiger partial charge is 0.201 e. The lowest BCUT2D eigenvalue weighted by Crippen LogP contribution is -2.06. The normalized spacial score (nSPS) is 11.5. The first-order chi connectivity index (χ1) is 13.7. The van der Waals surface area contributed by atoms with Crippen LogP contribution in [-0.4, -0.2) is 5.78 Å². The maximum Gasteiger partial charge on any atom is 0.201 e. The summed E-state index contributed by atoms with van der Waals surface area (Å²) in [5.74, 6) is 1.60. The molecule has 144 valence electrons. The Morgan fingerprint density at radius 3 is 1.57 bits per heavy atom. The fourth-order valence-corrected chi connectivity index (χ4v) is 3.84. The molecule has 0 saturated carbocycles. The molecule has 2 heterocycles. The van der Waals surface area contributed by atoms with Crippen molar-refractivity contribution in [2.75, 3.05) is 0 Å². The summed E-state index contributed by atoms with van der Waals surface area (Å²) in [6, 6.07) is 15.7. The third kappa shape index (κ3) is 3.26. The predicted octanol–water partition coefficient (Wildman–Crippen LogP) is 7.10. The molecule has 0 unspecified atom stereocenters. The number of hydrogen-bond acceptors (Lipinski definition) is 3. The van der Waals surface area contributed by atoms with Crippen LogP contribution in [0.15, 0.2) is 57.4 Å². The van der Waals surface area contributed by atoms with Crippen molar-refractivity contribution >= 4 is 27.7 Å². The van der Waals surface area contributed by atoms with Gasteiger partial charge in [-0.15, -0.1) is 0 Å². The number of carbonyl (C=O) groups is 1. The van der Waals surface area contributed by atoms with Crippen LogP contribution in [0.25, 0.3) is 21.9 Å². The Bertz CT molecular complexity index is 1030. The molecule has 0 bridgehead atoms. The minimum Gasteiger partial charge on any atom is -0.460 e. The van der Waals surface area contributed by atoms with Gasteiger partial charge in [-0.2, -0.15) is 0 Å². The topological polar surface area (TPSA) is 43.4 Å². The van der Waals surface area contributed by atoms with Gasteiger partial charge < -0.3 is 8.83 Å². The molecule has 0 N–H and O–H groups in total. The molecule has 2 aromatic heterocycles. The van der Waals surface area contributed by atoms with E-state index in [1.165, 1.54) is 0 Å². The van der Waals surface area contributed by atoms with Crippen LogP contribution in [0, 0.1) is 0 Å². The van der Waals surface area contributed by atoms with Crippen molar-refractivity contribution in [3.8, 4) is 0 Å². The Labute approximate surface area is 165 Å². The number of para-hydroxylation sites is 2. The van der Waals surface area contributed by atoms with Gasteiger partial charge in [-0.1, -0.05) is 63.1 Å². The van der Waals surface area contributed by atoms with E-state index in [1.807, 2.05) is 48.5 Å². The third-order valence-corrected chi connectivity index (χ3v) is 5.31. The lowest BCUT2D eigenvalue weighted by Gasteiger charge is -2.04. The van der Waals surface area contributed by atoms with E-state index in [-0.39, 0.29) is 5.78 Å². The number of unbranched alkanes of at least 4 members (excludes halogenated alkanes) is 2. The third-order valence-electron chi connectivity index (χ3n) is 5.31. The van der Waals surface area contributed by atoms with Gasteiger partial charge in [0.1, 0.15) is 22.7 Å². The first kappa shape index (κ1) is 18.5. The van der Waals surface area contributed by atoms with Crippen molar-refractivity contribution in [3.05, 3.63) is 71.2 Å². The average Bonchev–Trinajstić information content (AvgIpc) is 3.28. The Balaban J connectivity index is 1.90. The van der Waals surface area contributed by atoms with E-state index in [9.17, 15) is 4.79 Å². The highest BCUT2D eigenvalue weighted by Gasteiger charge is 2.27. The van der Waals surface area contributed by atoms with Crippen LogP contribution in [0.3, 0.4) is 0 Å². The number of furan rings is 2. The number of benzene rings is 2. The van der Waals surface area contributed by atoms with E-state index < -0.39 is 0 Å². The molecule has 0 spiro atoms. The van der Waals surface area contributed by atoms with E-state index >= 15 is 0 Å². The summed E-state index contributed by atoms with van der Waals surface area (Å²) in [4.78, 5) is 13.8. The monoisotopic (exact) mass is 374 g/mol. The number of hydrogen-bond donors (Lipinski definition) is 0. The molecule has 0 aliphatic heterocycles. The highest BCUT2D eigenvalue weighted by atomic mass is 16.3. The van der Waals surface area contributed by atoms with Gasteiger partial charge in [0.05, 0.1) is 11.1 Å². The minimum atomic E-state index is 0.0205. The molecule has 2 aromatic carbocycles. The van der Waals surface area contributed by atoms with Crippen molar-refractivity contribution in [2.24, 2.45) is 0 Å². The molecule has 0 aliphatic carbocycles. The van der Waals surface area contributed by atoms with E-state index in [0.717, 1.165) is 72.0 Å². The first-order valence-electron chi connectivity index (χ1n) is 10.3. The van der Waals surface area contributed by atoms with Gasteiger partial charge in [-0.05, 0) is 25.0 Å².